The highest BCUT2D eigenvalue weighted by Gasteiger charge is 2.24. The number of primary amides is 1. The van der Waals surface area contributed by atoms with Gasteiger partial charge in [0.25, 0.3) is 5.91 Å². The van der Waals surface area contributed by atoms with Crippen LogP contribution in [0.25, 0.3) is 0 Å². The third-order valence-electron chi connectivity index (χ3n) is 3.06. The summed E-state index contributed by atoms with van der Waals surface area (Å²) in [5.74, 6) is -0.944. The number of thiazole rings is 1. The lowest BCUT2D eigenvalue weighted by Gasteiger charge is -2.15. The van der Waals surface area contributed by atoms with Gasteiger partial charge in [-0.15, -0.1) is 11.3 Å². The quantitative estimate of drug-likeness (QED) is 0.908. The van der Waals surface area contributed by atoms with Crippen molar-refractivity contribution in [1.29, 1.82) is 0 Å². The lowest BCUT2D eigenvalue weighted by molar-refractivity contribution is -0.120. The molecule has 22 heavy (non-hydrogen) atoms. The van der Waals surface area contributed by atoms with E-state index in [1.165, 1.54) is 17.5 Å². The molecule has 0 spiro atoms. The summed E-state index contributed by atoms with van der Waals surface area (Å²) < 4.78 is 0. The normalized spacial score (nSPS) is 12.7. The standard InChI is InChI=1S/C16H19N3O2S/c1-16(2,3)15-18-9-11(22-15)14(21)19-12(13(17)20)10-7-5-4-6-8-10/h4-9,12H,1-3H3,(H2,17,20)(H,19,21)/t12-/m1/s1. The highest BCUT2D eigenvalue weighted by molar-refractivity contribution is 7.13. The molecule has 2 aromatic rings. The molecule has 1 atom stereocenters. The lowest BCUT2D eigenvalue weighted by atomic mass is 9.98. The molecule has 0 aliphatic carbocycles. The molecule has 2 amide bonds. The first-order valence-corrected chi connectivity index (χ1v) is 7.72. The fourth-order valence-electron chi connectivity index (χ4n) is 1.89. The Bertz CT molecular complexity index is 674. The fraction of sp³-hybridized carbons (Fsp3) is 0.312. The Morgan fingerprint density at radius 3 is 2.36 bits per heavy atom. The summed E-state index contributed by atoms with van der Waals surface area (Å²) in [4.78, 5) is 28.7. The molecular formula is C16H19N3O2S. The van der Waals surface area contributed by atoms with Crippen LogP contribution in [0.15, 0.2) is 36.5 Å². The largest absolute Gasteiger partial charge is 0.368 e. The Hall–Kier alpha value is -2.21. The molecule has 0 saturated carbocycles. The number of carbonyl (C=O) groups is 2. The molecule has 6 heteroatoms. The molecule has 0 bridgehead atoms. The van der Waals surface area contributed by atoms with Crippen molar-refractivity contribution >= 4 is 23.2 Å². The Kier molecular flexibility index (Phi) is 4.61. The van der Waals surface area contributed by atoms with Crippen molar-refractivity contribution in [3.05, 3.63) is 52.0 Å². The van der Waals surface area contributed by atoms with Crippen molar-refractivity contribution in [2.45, 2.75) is 32.2 Å². The van der Waals surface area contributed by atoms with E-state index in [0.717, 1.165) is 5.01 Å². The zero-order valence-corrected chi connectivity index (χ0v) is 13.6. The molecule has 1 heterocycles. The van der Waals surface area contributed by atoms with Crippen molar-refractivity contribution in [1.82, 2.24) is 10.3 Å². The van der Waals surface area contributed by atoms with Crippen LogP contribution < -0.4 is 11.1 Å². The van der Waals surface area contributed by atoms with Gasteiger partial charge in [-0.1, -0.05) is 51.1 Å². The third kappa shape index (κ3) is 3.71. The number of carbonyl (C=O) groups excluding carboxylic acids is 2. The highest BCUT2D eigenvalue weighted by Crippen LogP contribution is 2.27. The van der Waals surface area contributed by atoms with E-state index in [-0.39, 0.29) is 11.3 Å². The summed E-state index contributed by atoms with van der Waals surface area (Å²) in [7, 11) is 0. The number of aromatic nitrogens is 1. The molecule has 0 unspecified atom stereocenters. The van der Waals surface area contributed by atoms with Crippen LogP contribution in [-0.2, 0) is 10.2 Å². The summed E-state index contributed by atoms with van der Waals surface area (Å²) in [6.45, 7) is 6.09. The van der Waals surface area contributed by atoms with Crippen LogP contribution in [-0.4, -0.2) is 16.8 Å². The van der Waals surface area contributed by atoms with E-state index < -0.39 is 11.9 Å². The molecule has 2 rings (SSSR count). The summed E-state index contributed by atoms with van der Waals surface area (Å²) in [5.41, 5.74) is 5.94. The summed E-state index contributed by atoms with van der Waals surface area (Å²) >= 11 is 1.32. The Morgan fingerprint density at radius 1 is 1.23 bits per heavy atom. The first-order valence-electron chi connectivity index (χ1n) is 6.90. The molecular weight excluding hydrogens is 298 g/mol. The van der Waals surface area contributed by atoms with Crippen LogP contribution in [0.4, 0.5) is 0 Å². The van der Waals surface area contributed by atoms with E-state index in [4.69, 9.17) is 5.73 Å². The van der Waals surface area contributed by atoms with Gasteiger partial charge in [0.2, 0.25) is 5.91 Å². The van der Waals surface area contributed by atoms with Gasteiger partial charge < -0.3 is 11.1 Å². The van der Waals surface area contributed by atoms with Crippen molar-refractivity contribution < 1.29 is 9.59 Å². The van der Waals surface area contributed by atoms with Gasteiger partial charge in [-0.3, -0.25) is 9.59 Å². The SMILES string of the molecule is CC(C)(C)c1ncc(C(=O)N[C@@H](C(N)=O)c2ccccc2)s1. The van der Waals surface area contributed by atoms with Crippen LogP contribution in [0, 0.1) is 0 Å². The smallest absolute Gasteiger partial charge is 0.263 e. The molecule has 1 aromatic carbocycles. The van der Waals surface area contributed by atoms with E-state index in [1.807, 2.05) is 26.8 Å². The molecule has 0 saturated heterocycles. The number of benzene rings is 1. The monoisotopic (exact) mass is 317 g/mol. The molecule has 116 valence electrons. The second-order valence-corrected chi connectivity index (χ2v) is 7.03. The highest BCUT2D eigenvalue weighted by atomic mass is 32.1. The van der Waals surface area contributed by atoms with E-state index in [0.29, 0.717) is 10.4 Å². The van der Waals surface area contributed by atoms with Crippen molar-refractivity contribution in [3.63, 3.8) is 0 Å². The average molecular weight is 317 g/mol. The number of hydrogen-bond donors (Lipinski definition) is 2. The Balaban J connectivity index is 2.19. The maximum absolute atomic E-state index is 12.3. The number of nitrogens with two attached hydrogens (primary N) is 1. The van der Waals surface area contributed by atoms with Gasteiger partial charge in [0.15, 0.2) is 0 Å². The maximum atomic E-state index is 12.3. The molecule has 0 aliphatic heterocycles. The maximum Gasteiger partial charge on any atom is 0.263 e. The topological polar surface area (TPSA) is 85.1 Å². The first-order chi connectivity index (χ1) is 10.3. The van der Waals surface area contributed by atoms with Gasteiger partial charge >= 0.3 is 0 Å². The van der Waals surface area contributed by atoms with Crippen LogP contribution in [0.3, 0.4) is 0 Å². The summed E-state index contributed by atoms with van der Waals surface area (Å²) in [6.07, 6.45) is 1.53. The Morgan fingerprint density at radius 2 is 1.86 bits per heavy atom. The predicted molar refractivity (Wildman–Crippen MR) is 86.7 cm³/mol. The van der Waals surface area contributed by atoms with Gasteiger partial charge in [-0.2, -0.15) is 0 Å². The number of nitrogens with zero attached hydrogens (tertiary/aromatic N) is 1. The molecule has 1 aromatic heterocycles. The van der Waals surface area contributed by atoms with Crippen LogP contribution >= 0.6 is 11.3 Å². The lowest BCUT2D eigenvalue weighted by Crippen LogP contribution is -2.37. The van der Waals surface area contributed by atoms with E-state index in [2.05, 4.69) is 10.3 Å². The van der Waals surface area contributed by atoms with E-state index >= 15 is 0 Å². The van der Waals surface area contributed by atoms with Gasteiger partial charge in [-0.05, 0) is 5.56 Å². The van der Waals surface area contributed by atoms with Crippen molar-refractivity contribution in [2.24, 2.45) is 5.73 Å². The van der Waals surface area contributed by atoms with Gasteiger partial charge in [0.05, 0.1) is 11.2 Å². The summed E-state index contributed by atoms with van der Waals surface area (Å²) in [6, 6.07) is 8.08. The average Bonchev–Trinajstić information content (AvgIpc) is 2.95. The predicted octanol–water partition coefficient (Wildman–Crippen LogP) is 2.40. The molecule has 0 fully saturated rings. The molecule has 0 aliphatic rings. The van der Waals surface area contributed by atoms with Crippen molar-refractivity contribution in [2.75, 3.05) is 0 Å². The Labute approximate surface area is 133 Å². The van der Waals surface area contributed by atoms with Crippen LogP contribution in [0.2, 0.25) is 0 Å². The number of hydrogen-bond acceptors (Lipinski definition) is 4. The van der Waals surface area contributed by atoms with Gasteiger partial charge in [0.1, 0.15) is 10.9 Å². The zero-order chi connectivity index (χ0) is 16.3. The number of rotatable bonds is 4. The van der Waals surface area contributed by atoms with Gasteiger partial charge in [0, 0.05) is 5.41 Å². The van der Waals surface area contributed by atoms with Crippen molar-refractivity contribution in [3.8, 4) is 0 Å². The van der Waals surface area contributed by atoms with E-state index in [9.17, 15) is 9.59 Å². The summed E-state index contributed by atoms with van der Waals surface area (Å²) in [5, 5.41) is 3.54. The van der Waals surface area contributed by atoms with E-state index in [1.54, 1.807) is 24.3 Å². The molecule has 5 nitrogen and oxygen atoms in total. The number of amides is 2. The molecule has 0 radical (unpaired) electrons. The number of nitrogens with one attached hydrogen (secondary N) is 1. The minimum Gasteiger partial charge on any atom is -0.368 e. The second-order valence-electron chi connectivity index (χ2n) is 6.00. The zero-order valence-electron chi connectivity index (χ0n) is 12.8. The molecule has 3 N–H and O–H groups in total. The second kappa shape index (κ2) is 6.27. The van der Waals surface area contributed by atoms with Crippen LogP contribution in [0.1, 0.15) is 47.1 Å². The third-order valence-corrected chi connectivity index (χ3v) is 4.49. The van der Waals surface area contributed by atoms with Gasteiger partial charge in [-0.25, -0.2) is 4.98 Å². The minimum absolute atomic E-state index is 0.119. The van der Waals surface area contributed by atoms with Crippen LogP contribution in [0.5, 0.6) is 0 Å². The minimum atomic E-state index is -0.853. The fourth-order valence-corrected chi connectivity index (χ4v) is 2.77. The first kappa shape index (κ1) is 16.2.